The Morgan fingerprint density at radius 3 is 1.40 bits per heavy atom. The van der Waals surface area contributed by atoms with E-state index in [4.69, 9.17) is 9.97 Å². The number of hydrogen-bond acceptors (Lipinski definition) is 14. The Hall–Kier alpha value is -6.66. The van der Waals surface area contributed by atoms with Gasteiger partial charge in [-0.15, -0.1) is 20.4 Å². The minimum Gasteiger partial charge on any atom is -0.356 e. The van der Waals surface area contributed by atoms with E-state index in [-0.39, 0.29) is 24.5 Å². The highest BCUT2D eigenvalue weighted by Crippen LogP contribution is 2.33. The molecular formula is C34H26N12O4S2. The summed E-state index contributed by atoms with van der Waals surface area (Å²) >= 11 is 2.71. The number of nitrogens with zero attached hydrogens (tertiary/aromatic N) is 10. The van der Waals surface area contributed by atoms with Crippen molar-refractivity contribution in [2.24, 2.45) is 0 Å². The molecule has 0 saturated carbocycles. The van der Waals surface area contributed by atoms with Gasteiger partial charge in [0, 0.05) is 37.4 Å². The number of anilines is 2. The molecule has 0 fully saturated rings. The molecule has 4 aromatic carbocycles. The molecule has 8 rings (SSSR count). The minimum absolute atomic E-state index is 0.101. The molecule has 0 bridgehead atoms. The van der Waals surface area contributed by atoms with Crippen LogP contribution in [0.25, 0.3) is 33.7 Å². The maximum Gasteiger partial charge on any atom is 0.271 e. The van der Waals surface area contributed by atoms with Gasteiger partial charge in [0.15, 0.2) is 11.6 Å². The summed E-state index contributed by atoms with van der Waals surface area (Å²) in [5.41, 5.74) is 3.96. The van der Waals surface area contributed by atoms with E-state index in [1.807, 2.05) is 69.8 Å². The molecule has 0 spiro atoms. The standard InChI is InChI=1S/C34H26N12O4S2/c47-45(48)23-11-13-25-27(15-23)43(19-29-39-41-33(51-29)35-17-21-7-3-1-4-8-21)31(37-25)32-38-26-14-12-24(46(49)50)16-28(26)44(32)20-30-40-42-34(52-30)36-18-22-9-5-2-6-10-22/h1-16H,17-20H2,(H,35,41)(H,36,42). The van der Waals surface area contributed by atoms with Gasteiger partial charge < -0.3 is 19.8 Å². The normalized spacial score (nSPS) is 11.3. The summed E-state index contributed by atoms with van der Waals surface area (Å²) in [5.74, 6) is 0.769. The van der Waals surface area contributed by atoms with Gasteiger partial charge in [-0.3, -0.25) is 20.2 Å². The van der Waals surface area contributed by atoms with Crippen molar-refractivity contribution in [1.82, 2.24) is 39.5 Å². The lowest BCUT2D eigenvalue weighted by Crippen LogP contribution is -2.08. The molecule has 8 aromatic rings. The van der Waals surface area contributed by atoms with Crippen LogP contribution in [0.1, 0.15) is 21.1 Å². The maximum atomic E-state index is 11.8. The highest BCUT2D eigenvalue weighted by molar-refractivity contribution is 7.15. The van der Waals surface area contributed by atoms with Crippen LogP contribution in [-0.2, 0) is 26.2 Å². The molecule has 4 heterocycles. The molecular weight excluding hydrogens is 705 g/mol. The van der Waals surface area contributed by atoms with Gasteiger partial charge in [0.25, 0.3) is 11.4 Å². The van der Waals surface area contributed by atoms with E-state index >= 15 is 0 Å². The molecule has 4 aromatic heterocycles. The number of benzene rings is 4. The van der Waals surface area contributed by atoms with Crippen LogP contribution in [0.5, 0.6) is 0 Å². The van der Waals surface area contributed by atoms with Crippen LogP contribution in [0.3, 0.4) is 0 Å². The molecule has 0 unspecified atom stereocenters. The molecule has 16 nitrogen and oxygen atoms in total. The number of hydrogen-bond donors (Lipinski definition) is 2. The van der Waals surface area contributed by atoms with Crippen LogP contribution in [0.15, 0.2) is 97.1 Å². The Kier molecular flexibility index (Phi) is 8.71. The first-order valence-corrected chi connectivity index (χ1v) is 17.5. The van der Waals surface area contributed by atoms with Crippen LogP contribution in [0.4, 0.5) is 21.6 Å². The topological polar surface area (TPSA) is 198 Å². The largest absolute Gasteiger partial charge is 0.356 e. The van der Waals surface area contributed by atoms with Gasteiger partial charge in [-0.1, -0.05) is 83.3 Å². The van der Waals surface area contributed by atoms with Crippen molar-refractivity contribution in [2.75, 3.05) is 10.6 Å². The second-order valence-electron chi connectivity index (χ2n) is 11.6. The van der Waals surface area contributed by atoms with E-state index in [9.17, 15) is 20.2 Å². The predicted molar refractivity (Wildman–Crippen MR) is 197 cm³/mol. The monoisotopic (exact) mass is 730 g/mol. The molecule has 258 valence electrons. The summed E-state index contributed by atoms with van der Waals surface area (Å²) in [5, 5.41) is 50.2. The van der Waals surface area contributed by atoms with Crippen molar-refractivity contribution in [3.8, 4) is 11.6 Å². The number of aromatic nitrogens is 8. The highest BCUT2D eigenvalue weighted by Gasteiger charge is 2.25. The summed E-state index contributed by atoms with van der Waals surface area (Å²) in [6, 6.07) is 28.7. The Bertz CT molecular complexity index is 2390. The summed E-state index contributed by atoms with van der Waals surface area (Å²) in [7, 11) is 0. The average molecular weight is 731 g/mol. The van der Waals surface area contributed by atoms with Crippen LogP contribution in [0.2, 0.25) is 0 Å². The van der Waals surface area contributed by atoms with Crippen molar-refractivity contribution < 1.29 is 9.85 Å². The zero-order chi connectivity index (χ0) is 35.6. The van der Waals surface area contributed by atoms with Crippen LogP contribution in [-0.4, -0.2) is 49.3 Å². The summed E-state index contributed by atoms with van der Waals surface area (Å²) in [6.45, 7) is 1.47. The lowest BCUT2D eigenvalue weighted by molar-refractivity contribution is -0.384. The molecule has 18 heteroatoms. The number of nitrogens with one attached hydrogen (secondary N) is 2. The Morgan fingerprint density at radius 1 is 0.577 bits per heavy atom. The average Bonchev–Trinajstić information content (AvgIpc) is 3.97. The van der Waals surface area contributed by atoms with Crippen LogP contribution in [0, 0.1) is 20.2 Å². The third-order valence-corrected chi connectivity index (χ3v) is 9.91. The van der Waals surface area contributed by atoms with Crippen LogP contribution >= 0.6 is 22.7 Å². The van der Waals surface area contributed by atoms with E-state index < -0.39 is 9.85 Å². The molecule has 0 aliphatic heterocycles. The lowest BCUT2D eigenvalue weighted by atomic mass is 10.2. The lowest BCUT2D eigenvalue weighted by Gasteiger charge is -2.10. The molecule has 0 aliphatic carbocycles. The predicted octanol–water partition coefficient (Wildman–Crippen LogP) is 6.89. The van der Waals surface area contributed by atoms with Crippen molar-refractivity contribution in [2.45, 2.75) is 26.2 Å². The SMILES string of the molecule is O=[N+]([O-])c1ccc2nc(-c3nc4ccc([N+](=O)[O-])cc4n3Cc3nnc(NCc4ccccc4)s3)n(Cc3nnc(NCc4ccccc4)s3)c2c1. The smallest absolute Gasteiger partial charge is 0.271 e. The summed E-state index contributed by atoms with van der Waals surface area (Å²) < 4.78 is 3.62. The Balaban J connectivity index is 1.19. The fraction of sp³-hybridized carbons (Fsp3) is 0.118. The van der Waals surface area contributed by atoms with E-state index in [0.717, 1.165) is 11.1 Å². The number of rotatable bonds is 13. The van der Waals surface area contributed by atoms with E-state index in [0.29, 0.717) is 67.1 Å². The van der Waals surface area contributed by atoms with E-state index in [1.54, 1.807) is 12.1 Å². The Morgan fingerprint density at radius 2 is 1.00 bits per heavy atom. The maximum absolute atomic E-state index is 11.8. The van der Waals surface area contributed by atoms with Crippen molar-refractivity contribution >= 4 is 66.4 Å². The quantitative estimate of drug-likeness (QED) is 0.0921. The molecule has 0 saturated heterocycles. The van der Waals surface area contributed by atoms with Crippen LogP contribution < -0.4 is 10.6 Å². The molecule has 0 radical (unpaired) electrons. The van der Waals surface area contributed by atoms with Gasteiger partial charge in [-0.25, -0.2) is 9.97 Å². The number of non-ortho nitro benzene ring substituents is 2. The zero-order valence-electron chi connectivity index (χ0n) is 27.0. The number of nitro benzene ring substituents is 2. The highest BCUT2D eigenvalue weighted by atomic mass is 32.1. The number of fused-ring (bicyclic) bond motifs is 2. The van der Waals surface area contributed by atoms with Gasteiger partial charge in [-0.05, 0) is 23.3 Å². The van der Waals surface area contributed by atoms with Gasteiger partial charge in [0.05, 0.1) is 45.0 Å². The Labute approximate surface area is 301 Å². The summed E-state index contributed by atoms with van der Waals surface area (Å²) in [6.07, 6.45) is 0. The van der Waals surface area contributed by atoms with Gasteiger partial charge in [-0.2, -0.15) is 0 Å². The third kappa shape index (κ3) is 6.74. The summed E-state index contributed by atoms with van der Waals surface area (Å²) in [4.78, 5) is 32.6. The van der Waals surface area contributed by atoms with Crippen molar-refractivity contribution in [3.63, 3.8) is 0 Å². The molecule has 0 atom stereocenters. The van der Waals surface area contributed by atoms with Crippen molar-refractivity contribution in [1.29, 1.82) is 0 Å². The zero-order valence-corrected chi connectivity index (χ0v) is 28.6. The third-order valence-electron chi connectivity index (χ3n) is 8.18. The second-order valence-corrected chi connectivity index (χ2v) is 13.7. The molecule has 0 aliphatic rings. The van der Waals surface area contributed by atoms with Gasteiger partial charge in [0.1, 0.15) is 10.0 Å². The fourth-order valence-corrected chi connectivity index (χ4v) is 7.16. The fourth-order valence-electron chi connectivity index (χ4n) is 5.71. The second kappa shape index (κ2) is 13.9. The molecule has 2 N–H and O–H groups in total. The minimum atomic E-state index is -0.458. The van der Waals surface area contributed by atoms with Gasteiger partial charge in [0.2, 0.25) is 10.3 Å². The van der Waals surface area contributed by atoms with E-state index in [2.05, 4.69) is 31.0 Å². The molecule has 0 amide bonds. The molecule has 52 heavy (non-hydrogen) atoms. The van der Waals surface area contributed by atoms with Gasteiger partial charge >= 0.3 is 0 Å². The first kappa shape index (κ1) is 32.5. The first-order chi connectivity index (χ1) is 25.4. The van der Waals surface area contributed by atoms with E-state index in [1.165, 1.54) is 46.9 Å². The number of imidazole rings is 2. The van der Waals surface area contributed by atoms with Crippen molar-refractivity contribution in [3.05, 3.63) is 138 Å². The first-order valence-electron chi connectivity index (χ1n) is 15.9. The number of nitro groups is 2.